The van der Waals surface area contributed by atoms with Crippen LogP contribution in [0.1, 0.15) is 51.4 Å². The van der Waals surface area contributed by atoms with Gasteiger partial charge in [0, 0.05) is 0 Å². The molecule has 3 fully saturated rings. The molecule has 3 heteroatoms. The number of piperidine rings is 2. The highest BCUT2D eigenvalue weighted by molar-refractivity contribution is 4.60. The molecule has 0 radical (unpaired) electrons. The van der Waals surface area contributed by atoms with E-state index in [0.29, 0.717) is 0 Å². The van der Waals surface area contributed by atoms with Crippen molar-refractivity contribution in [1.29, 1.82) is 0 Å². The molecule has 0 bridgehead atoms. The fraction of sp³-hybridized carbons (Fsp3) is 1.00. The van der Waals surface area contributed by atoms with E-state index in [1.165, 1.54) is 90.6 Å². The zero-order valence-electron chi connectivity index (χ0n) is 14.2. The van der Waals surface area contributed by atoms with Crippen molar-refractivity contribution in [3.63, 3.8) is 0 Å². The quantitative estimate of drug-likeness (QED) is 0.677. The highest BCUT2D eigenvalue weighted by atomic mass is 15.1. The molecular formula is C17H37N3. The van der Waals surface area contributed by atoms with Gasteiger partial charge < -0.3 is 14.7 Å². The Kier molecular flexibility index (Phi) is 10.3. The highest BCUT2D eigenvalue weighted by Gasteiger charge is 2.03. The first-order valence-electron chi connectivity index (χ1n) is 8.74. The lowest BCUT2D eigenvalue weighted by Crippen LogP contribution is -2.24. The Morgan fingerprint density at radius 2 is 0.550 bits per heavy atom. The van der Waals surface area contributed by atoms with Crippen LogP contribution in [0.3, 0.4) is 0 Å². The van der Waals surface area contributed by atoms with Crippen molar-refractivity contribution in [3.8, 4) is 0 Å². The molecule has 0 aliphatic carbocycles. The molecule has 3 heterocycles. The summed E-state index contributed by atoms with van der Waals surface area (Å²) < 4.78 is 0. The molecular weight excluding hydrogens is 246 g/mol. The van der Waals surface area contributed by atoms with Crippen LogP contribution in [-0.2, 0) is 0 Å². The van der Waals surface area contributed by atoms with Gasteiger partial charge in [-0.2, -0.15) is 0 Å². The third-order valence-electron chi connectivity index (χ3n) is 4.49. The number of hydrogen-bond donors (Lipinski definition) is 0. The Hall–Kier alpha value is -0.120. The Bertz CT molecular complexity index is 186. The topological polar surface area (TPSA) is 9.72 Å². The van der Waals surface area contributed by atoms with Crippen molar-refractivity contribution < 1.29 is 0 Å². The van der Waals surface area contributed by atoms with E-state index in [-0.39, 0.29) is 0 Å². The van der Waals surface area contributed by atoms with Crippen molar-refractivity contribution in [2.75, 3.05) is 60.4 Å². The molecule has 3 aliphatic heterocycles. The molecule has 0 aromatic carbocycles. The second-order valence-corrected chi connectivity index (χ2v) is 6.74. The Morgan fingerprint density at radius 1 is 0.350 bits per heavy atom. The highest BCUT2D eigenvalue weighted by Crippen LogP contribution is 2.05. The van der Waals surface area contributed by atoms with Gasteiger partial charge in [-0.3, -0.25) is 0 Å². The molecule has 3 rings (SSSR count). The van der Waals surface area contributed by atoms with Gasteiger partial charge in [-0.15, -0.1) is 0 Å². The minimum atomic E-state index is 1.32. The average Bonchev–Trinajstić information content (AvgIpc) is 2.93. The van der Waals surface area contributed by atoms with E-state index in [2.05, 4.69) is 35.8 Å². The fourth-order valence-electron chi connectivity index (χ4n) is 2.98. The van der Waals surface area contributed by atoms with Crippen LogP contribution < -0.4 is 0 Å². The SMILES string of the molecule is CN1CCCC1.CN1CCCCC1.CN1CCCCC1. The maximum atomic E-state index is 2.39. The average molecular weight is 284 g/mol. The minimum Gasteiger partial charge on any atom is -0.306 e. The fourth-order valence-corrected chi connectivity index (χ4v) is 2.98. The Morgan fingerprint density at radius 3 is 0.650 bits per heavy atom. The predicted molar refractivity (Wildman–Crippen MR) is 89.4 cm³/mol. The summed E-state index contributed by atoms with van der Waals surface area (Å²) in [6, 6.07) is 0. The third-order valence-corrected chi connectivity index (χ3v) is 4.49. The summed E-state index contributed by atoms with van der Waals surface area (Å²) in [5.41, 5.74) is 0. The van der Waals surface area contributed by atoms with Gasteiger partial charge in [-0.25, -0.2) is 0 Å². The van der Waals surface area contributed by atoms with Gasteiger partial charge in [0.2, 0.25) is 0 Å². The van der Waals surface area contributed by atoms with Gasteiger partial charge >= 0.3 is 0 Å². The van der Waals surface area contributed by atoms with Gasteiger partial charge in [-0.05, 0) is 98.9 Å². The van der Waals surface area contributed by atoms with E-state index in [1.54, 1.807) is 0 Å². The zero-order chi connectivity index (χ0) is 14.6. The molecule has 0 spiro atoms. The predicted octanol–water partition coefficient (Wildman–Crippen LogP) is 2.92. The molecule has 0 unspecified atom stereocenters. The Balaban J connectivity index is 0.000000151. The summed E-state index contributed by atoms with van der Waals surface area (Å²) in [5.74, 6) is 0. The summed E-state index contributed by atoms with van der Waals surface area (Å²) >= 11 is 0. The second kappa shape index (κ2) is 11.5. The summed E-state index contributed by atoms with van der Waals surface area (Å²) in [6.45, 7) is 7.92. The number of likely N-dealkylation sites (tertiary alicyclic amines) is 3. The van der Waals surface area contributed by atoms with Crippen molar-refractivity contribution in [1.82, 2.24) is 14.7 Å². The van der Waals surface area contributed by atoms with E-state index in [4.69, 9.17) is 0 Å². The third kappa shape index (κ3) is 9.73. The molecule has 0 saturated carbocycles. The first-order valence-corrected chi connectivity index (χ1v) is 8.74. The largest absolute Gasteiger partial charge is 0.306 e. The van der Waals surface area contributed by atoms with Crippen LogP contribution in [0.4, 0.5) is 0 Å². The van der Waals surface area contributed by atoms with Crippen LogP contribution in [0.15, 0.2) is 0 Å². The van der Waals surface area contributed by atoms with Crippen molar-refractivity contribution in [2.45, 2.75) is 51.4 Å². The molecule has 3 saturated heterocycles. The first-order chi connectivity index (χ1) is 9.68. The molecule has 3 nitrogen and oxygen atoms in total. The van der Waals surface area contributed by atoms with Gasteiger partial charge in [-0.1, -0.05) is 12.8 Å². The van der Waals surface area contributed by atoms with Crippen LogP contribution in [0, 0.1) is 0 Å². The van der Waals surface area contributed by atoms with Crippen LogP contribution in [0.25, 0.3) is 0 Å². The summed E-state index contributed by atoms with van der Waals surface area (Å²) in [7, 11) is 6.56. The Labute approximate surface area is 127 Å². The summed E-state index contributed by atoms with van der Waals surface area (Å²) in [4.78, 5) is 7.15. The number of rotatable bonds is 0. The second-order valence-electron chi connectivity index (χ2n) is 6.74. The maximum Gasteiger partial charge on any atom is -0.00213 e. The summed E-state index contributed by atoms with van der Waals surface area (Å²) in [5, 5.41) is 0. The van der Waals surface area contributed by atoms with Gasteiger partial charge in [0.05, 0.1) is 0 Å². The van der Waals surface area contributed by atoms with E-state index in [0.717, 1.165) is 0 Å². The van der Waals surface area contributed by atoms with Crippen molar-refractivity contribution >= 4 is 0 Å². The molecule has 20 heavy (non-hydrogen) atoms. The lowest BCUT2D eigenvalue weighted by Gasteiger charge is -2.20. The standard InChI is InChI=1S/2C6H13N.C5H11N/c2*1-7-5-3-2-4-6-7;1-6-4-2-3-5-6/h2*2-6H2,1H3;2-5H2,1H3. The van der Waals surface area contributed by atoms with Gasteiger partial charge in [0.25, 0.3) is 0 Å². The molecule has 0 N–H and O–H groups in total. The maximum absolute atomic E-state index is 2.39. The van der Waals surface area contributed by atoms with E-state index >= 15 is 0 Å². The molecule has 0 aromatic heterocycles. The lowest BCUT2D eigenvalue weighted by atomic mass is 10.1. The van der Waals surface area contributed by atoms with Crippen molar-refractivity contribution in [2.24, 2.45) is 0 Å². The van der Waals surface area contributed by atoms with Crippen LogP contribution in [-0.4, -0.2) is 75.1 Å². The molecule has 0 atom stereocenters. The molecule has 0 amide bonds. The molecule has 0 aromatic rings. The normalized spacial score (nSPS) is 25.4. The summed E-state index contributed by atoms with van der Waals surface area (Å²) in [6.07, 6.45) is 11.4. The van der Waals surface area contributed by atoms with E-state index in [1.807, 2.05) is 0 Å². The van der Waals surface area contributed by atoms with Crippen LogP contribution in [0.5, 0.6) is 0 Å². The van der Waals surface area contributed by atoms with E-state index in [9.17, 15) is 0 Å². The van der Waals surface area contributed by atoms with Gasteiger partial charge in [0.15, 0.2) is 0 Å². The lowest BCUT2D eigenvalue weighted by molar-refractivity contribution is 0.277. The monoisotopic (exact) mass is 283 g/mol. The smallest absolute Gasteiger partial charge is 0.00213 e. The zero-order valence-corrected chi connectivity index (χ0v) is 14.2. The van der Waals surface area contributed by atoms with Gasteiger partial charge in [0.1, 0.15) is 0 Å². The first kappa shape index (κ1) is 17.9. The molecule has 3 aliphatic rings. The van der Waals surface area contributed by atoms with Crippen LogP contribution in [0.2, 0.25) is 0 Å². The number of nitrogens with zero attached hydrogens (tertiary/aromatic N) is 3. The van der Waals surface area contributed by atoms with Crippen LogP contribution >= 0.6 is 0 Å². The van der Waals surface area contributed by atoms with Crippen molar-refractivity contribution in [3.05, 3.63) is 0 Å². The number of hydrogen-bond acceptors (Lipinski definition) is 3. The minimum absolute atomic E-state index is 1.32. The molecule has 120 valence electrons. The van der Waals surface area contributed by atoms with E-state index < -0.39 is 0 Å².